The van der Waals surface area contributed by atoms with Crippen molar-refractivity contribution in [3.63, 3.8) is 0 Å². The molecule has 1 aliphatic heterocycles. The maximum absolute atomic E-state index is 12.7. The number of nitro groups is 2. The number of aliphatic hydroxyl groups excluding tert-OH is 2. The Labute approximate surface area is 168 Å². The molecular formula is C19H15N3O8. The van der Waals surface area contributed by atoms with Crippen molar-refractivity contribution in [2.45, 2.75) is 6.04 Å². The van der Waals surface area contributed by atoms with Crippen LogP contribution >= 0.6 is 0 Å². The lowest BCUT2D eigenvalue weighted by Gasteiger charge is -2.24. The molecule has 1 aliphatic rings. The van der Waals surface area contributed by atoms with Gasteiger partial charge in [-0.3, -0.25) is 29.8 Å². The average Bonchev–Trinajstić information content (AvgIpc) is 2.98. The van der Waals surface area contributed by atoms with Gasteiger partial charge in [0.2, 0.25) is 0 Å². The zero-order valence-electron chi connectivity index (χ0n) is 15.3. The molecule has 154 valence electrons. The number of hydrogen-bond donors (Lipinski definition) is 2. The Balaban J connectivity index is 2.18. The summed E-state index contributed by atoms with van der Waals surface area (Å²) in [4.78, 5) is 46.8. The fourth-order valence-electron chi connectivity index (χ4n) is 3.27. The molecule has 2 aromatic carbocycles. The molecule has 3 rings (SSSR count). The molecular weight excluding hydrogens is 398 g/mol. The number of nitrogens with zero attached hydrogens (tertiary/aromatic N) is 3. The summed E-state index contributed by atoms with van der Waals surface area (Å²) in [6, 6.07) is 8.75. The molecule has 11 heteroatoms. The van der Waals surface area contributed by atoms with Gasteiger partial charge < -0.3 is 15.1 Å². The van der Waals surface area contributed by atoms with Gasteiger partial charge in [0.1, 0.15) is 5.76 Å². The van der Waals surface area contributed by atoms with Crippen molar-refractivity contribution in [3.8, 4) is 0 Å². The Kier molecular flexibility index (Phi) is 5.56. The molecule has 0 spiro atoms. The molecule has 1 saturated heterocycles. The average molecular weight is 413 g/mol. The summed E-state index contributed by atoms with van der Waals surface area (Å²) in [6.45, 7) is -0.717. The van der Waals surface area contributed by atoms with Crippen LogP contribution < -0.4 is 0 Å². The molecule has 1 fully saturated rings. The molecule has 1 amide bonds. The van der Waals surface area contributed by atoms with Gasteiger partial charge in [-0.1, -0.05) is 12.1 Å². The predicted molar refractivity (Wildman–Crippen MR) is 102 cm³/mol. The minimum Gasteiger partial charge on any atom is -0.507 e. The molecule has 11 nitrogen and oxygen atoms in total. The van der Waals surface area contributed by atoms with Crippen molar-refractivity contribution in [1.82, 2.24) is 4.90 Å². The van der Waals surface area contributed by atoms with Gasteiger partial charge in [-0.05, 0) is 17.7 Å². The van der Waals surface area contributed by atoms with E-state index in [-0.39, 0.29) is 34.6 Å². The fourth-order valence-corrected chi connectivity index (χ4v) is 3.27. The van der Waals surface area contributed by atoms with Gasteiger partial charge in [0.25, 0.3) is 23.1 Å². The van der Waals surface area contributed by atoms with E-state index in [1.807, 2.05) is 0 Å². The molecule has 1 heterocycles. The Bertz CT molecular complexity index is 1080. The number of β-amino-alcohol motifs (C(OH)–C–C–N with tert-alkyl or cyclic N) is 1. The number of amides is 1. The highest BCUT2D eigenvalue weighted by Crippen LogP contribution is 2.40. The highest BCUT2D eigenvalue weighted by Gasteiger charge is 2.46. The van der Waals surface area contributed by atoms with E-state index in [1.165, 1.54) is 36.4 Å². The maximum Gasteiger partial charge on any atom is 0.295 e. The van der Waals surface area contributed by atoms with Crippen molar-refractivity contribution in [2.75, 3.05) is 13.2 Å². The molecule has 0 saturated carbocycles. The summed E-state index contributed by atoms with van der Waals surface area (Å²) in [5, 5.41) is 42.0. The van der Waals surface area contributed by atoms with Crippen LogP contribution in [-0.4, -0.2) is 49.8 Å². The Morgan fingerprint density at radius 1 is 1.00 bits per heavy atom. The third-order valence-electron chi connectivity index (χ3n) is 4.63. The second kappa shape index (κ2) is 8.09. The lowest BCUT2D eigenvalue weighted by atomic mass is 9.95. The van der Waals surface area contributed by atoms with Crippen molar-refractivity contribution in [2.24, 2.45) is 0 Å². The topological polar surface area (TPSA) is 164 Å². The molecule has 0 aliphatic carbocycles. The van der Waals surface area contributed by atoms with Crippen LogP contribution in [0.25, 0.3) is 5.76 Å². The summed E-state index contributed by atoms with van der Waals surface area (Å²) in [7, 11) is 0. The molecule has 1 atom stereocenters. The first-order valence-electron chi connectivity index (χ1n) is 8.64. The maximum atomic E-state index is 12.7. The number of likely N-dealkylation sites (tertiary alicyclic amines) is 1. The lowest BCUT2D eigenvalue weighted by Crippen LogP contribution is -2.32. The Hall–Kier alpha value is -4.12. The number of carbonyl (C=O) groups is 2. The number of non-ortho nitro benzene ring substituents is 2. The summed E-state index contributed by atoms with van der Waals surface area (Å²) in [6.07, 6.45) is 0. The molecule has 2 N–H and O–H groups in total. The standard InChI is InChI=1S/C19H15N3O8/c23-9-8-20-16(12-2-1-3-14(10-12)22(29)30)15(18(25)19(20)26)17(24)11-4-6-13(7-5-11)21(27)28/h1-7,10,16,23-24H,8-9H2. The van der Waals surface area contributed by atoms with Crippen LogP contribution in [-0.2, 0) is 9.59 Å². The van der Waals surface area contributed by atoms with Gasteiger partial charge in [-0.25, -0.2) is 0 Å². The van der Waals surface area contributed by atoms with E-state index < -0.39 is 39.9 Å². The van der Waals surface area contributed by atoms with E-state index in [4.69, 9.17) is 0 Å². The zero-order chi connectivity index (χ0) is 22.0. The van der Waals surface area contributed by atoms with Gasteiger partial charge in [0, 0.05) is 36.4 Å². The van der Waals surface area contributed by atoms with Crippen molar-refractivity contribution >= 4 is 28.8 Å². The fraction of sp³-hybridized carbons (Fsp3) is 0.158. The van der Waals surface area contributed by atoms with Gasteiger partial charge in [-0.15, -0.1) is 0 Å². The summed E-state index contributed by atoms with van der Waals surface area (Å²) in [5.41, 5.74) is -0.596. The van der Waals surface area contributed by atoms with E-state index in [1.54, 1.807) is 0 Å². The van der Waals surface area contributed by atoms with Crippen LogP contribution in [0.2, 0.25) is 0 Å². The highest BCUT2D eigenvalue weighted by molar-refractivity contribution is 6.46. The van der Waals surface area contributed by atoms with E-state index in [9.17, 15) is 40.0 Å². The number of Topliss-reactive ketones (excluding diaryl/α,β-unsaturated/α-hetero) is 1. The first-order chi connectivity index (χ1) is 14.3. The van der Waals surface area contributed by atoms with Crippen molar-refractivity contribution in [3.05, 3.63) is 85.5 Å². The van der Waals surface area contributed by atoms with Crippen molar-refractivity contribution < 1.29 is 29.6 Å². The van der Waals surface area contributed by atoms with E-state index in [2.05, 4.69) is 0 Å². The van der Waals surface area contributed by atoms with Gasteiger partial charge in [-0.2, -0.15) is 0 Å². The van der Waals surface area contributed by atoms with Gasteiger partial charge in [0.05, 0.1) is 28.1 Å². The second-order valence-corrected chi connectivity index (χ2v) is 6.37. The van der Waals surface area contributed by atoms with E-state index in [0.717, 1.165) is 17.0 Å². The smallest absolute Gasteiger partial charge is 0.295 e. The van der Waals surface area contributed by atoms with Crippen LogP contribution in [0.3, 0.4) is 0 Å². The van der Waals surface area contributed by atoms with Crippen LogP contribution in [0, 0.1) is 20.2 Å². The Morgan fingerprint density at radius 3 is 2.20 bits per heavy atom. The molecule has 2 aromatic rings. The summed E-state index contributed by atoms with van der Waals surface area (Å²) in [5.74, 6) is -2.60. The van der Waals surface area contributed by atoms with Crippen molar-refractivity contribution in [1.29, 1.82) is 0 Å². The van der Waals surface area contributed by atoms with Gasteiger partial charge in [0.15, 0.2) is 0 Å². The normalized spacial score (nSPS) is 17.9. The van der Waals surface area contributed by atoms with Crippen LogP contribution in [0.5, 0.6) is 0 Å². The molecule has 0 aromatic heterocycles. The third kappa shape index (κ3) is 3.61. The van der Waals surface area contributed by atoms with Gasteiger partial charge >= 0.3 is 0 Å². The second-order valence-electron chi connectivity index (χ2n) is 6.37. The quantitative estimate of drug-likeness (QED) is 0.238. The van der Waals surface area contributed by atoms with E-state index >= 15 is 0 Å². The number of ketones is 1. The van der Waals surface area contributed by atoms with Crippen LogP contribution in [0.15, 0.2) is 54.1 Å². The summed E-state index contributed by atoms with van der Waals surface area (Å²) < 4.78 is 0. The third-order valence-corrected chi connectivity index (χ3v) is 4.63. The first kappa shape index (κ1) is 20.6. The number of carbonyl (C=O) groups excluding carboxylic acids is 2. The SMILES string of the molecule is O=C1C(=O)N(CCO)C(c2cccc([N+](=O)[O-])c2)C1=C(O)c1ccc([N+](=O)[O-])cc1. The number of nitro benzene ring substituents is 2. The highest BCUT2D eigenvalue weighted by atomic mass is 16.6. The van der Waals surface area contributed by atoms with E-state index in [0.29, 0.717) is 0 Å². The number of rotatable bonds is 6. The van der Waals surface area contributed by atoms with Crippen LogP contribution in [0.1, 0.15) is 17.2 Å². The minimum atomic E-state index is -1.17. The molecule has 0 bridgehead atoms. The number of aliphatic hydroxyl groups is 2. The zero-order valence-corrected chi connectivity index (χ0v) is 15.3. The molecule has 0 radical (unpaired) electrons. The minimum absolute atomic E-state index is 0.0537. The number of hydrogen-bond acceptors (Lipinski definition) is 8. The molecule has 30 heavy (non-hydrogen) atoms. The largest absolute Gasteiger partial charge is 0.507 e. The monoisotopic (exact) mass is 413 g/mol. The Morgan fingerprint density at radius 2 is 1.63 bits per heavy atom. The lowest BCUT2D eigenvalue weighted by molar-refractivity contribution is -0.385. The molecule has 1 unspecified atom stereocenters. The number of benzene rings is 2. The first-order valence-corrected chi connectivity index (χ1v) is 8.64. The van der Waals surface area contributed by atoms with Crippen LogP contribution in [0.4, 0.5) is 11.4 Å². The summed E-state index contributed by atoms with van der Waals surface area (Å²) >= 11 is 0. The predicted octanol–water partition coefficient (Wildman–Crippen LogP) is 1.92.